The van der Waals surface area contributed by atoms with Crippen molar-refractivity contribution in [2.45, 2.75) is 13.0 Å². The summed E-state index contributed by atoms with van der Waals surface area (Å²) >= 11 is 4.54. The molecular formula is C10H14BrClN6O2S. The molecule has 0 aromatic carbocycles. The fourth-order valence-electron chi connectivity index (χ4n) is 1.82. The highest BCUT2D eigenvalue weighted by atomic mass is 79.9. The molecule has 0 saturated heterocycles. The summed E-state index contributed by atoms with van der Waals surface area (Å²) < 4.78 is 3.49. The normalized spacial score (nSPS) is 10.6. The molecule has 0 radical (unpaired) electrons. The number of thioether (sulfide) groups is 1. The van der Waals surface area contributed by atoms with Crippen LogP contribution in [0.4, 0.5) is 0 Å². The minimum atomic E-state index is -0.494. The molecule has 0 atom stereocenters. The van der Waals surface area contributed by atoms with E-state index in [0.29, 0.717) is 28.2 Å². The average Bonchev–Trinajstić information content (AvgIpc) is 2.69. The van der Waals surface area contributed by atoms with Crippen molar-refractivity contribution in [1.82, 2.24) is 19.1 Å². The summed E-state index contributed by atoms with van der Waals surface area (Å²) in [5.41, 5.74) is 5.00. The van der Waals surface area contributed by atoms with Crippen LogP contribution in [0.3, 0.4) is 0 Å². The average molecular weight is 398 g/mol. The van der Waals surface area contributed by atoms with Gasteiger partial charge in [0.05, 0.1) is 0 Å². The molecule has 4 N–H and O–H groups in total. The molecule has 2 aromatic heterocycles. The quantitative estimate of drug-likeness (QED) is 0.302. The molecule has 11 heteroatoms. The number of rotatable bonds is 4. The minimum absolute atomic E-state index is 0. The van der Waals surface area contributed by atoms with E-state index in [9.17, 15) is 9.59 Å². The first-order valence-electron chi connectivity index (χ1n) is 5.73. The molecule has 0 unspecified atom stereocenters. The topological polar surface area (TPSA) is 123 Å². The molecule has 2 aromatic rings. The van der Waals surface area contributed by atoms with Gasteiger partial charge in [0.25, 0.3) is 5.56 Å². The number of hydrogen-bond donors (Lipinski definition) is 3. The van der Waals surface area contributed by atoms with Gasteiger partial charge in [-0.05, 0) is 22.4 Å². The van der Waals surface area contributed by atoms with Crippen LogP contribution in [-0.2, 0) is 13.6 Å². The highest BCUT2D eigenvalue weighted by Crippen LogP contribution is 2.17. The zero-order chi connectivity index (χ0) is 14.9. The number of aromatic amines is 1. The molecule has 0 aliphatic rings. The molecule has 0 aliphatic carbocycles. The van der Waals surface area contributed by atoms with Crippen LogP contribution in [0.15, 0.2) is 14.3 Å². The number of fused-ring (bicyclic) bond motifs is 1. The van der Waals surface area contributed by atoms with Crippen molar-refractivity contribution >= 4 is 56.4 Å². The molecule has 0 aliphatic heterocycles. The van der Waals surface area contributed by atoms with Crippen LogP contribution < -0.4 is 17.0 Å². The highest BCUT2D eigenvalue weighted by Gasteiger charge is 2.15. The Hall–Kier alpha value is -1.26. The minimum Gasteiger partial charge on any atom is -0.379 e. The lowest BCUT2D eigenvalue weighted by molar-refractivity contribution is 0.685. The van der Waals surface area contributed by atoms with Gasteiger partial charge in [-0.2, -0.15) is 0 Å². The second-order valence-electron chi connectivity index (χ2n) is 4.09. The number of halogens is 2. The van der Waals surface area contributed by atoms with Crippen molar-refractivity contribution in [3.8, 4) is 0 Å². The van der Waals surface area contributed by atoms with Crippen molar-refractivity contribution in [3.05, 3.63) is 25.6 Å². The standard InChI is InChI=1S/C10H13BrN6O2S.ClH/c1-16-6-5(7(18)15-10(16)19)17(8(11)14-6)3-2-4-20-9(12)13;/h2-4H2,1H3,(H3,12,13)(H,15,18,19);1H. The molecule has 2 rings (SSSR count). The summed E-state index contributed by atoms with van der Waals surface area (Å²) in [5, 5.41) is 7.20. The maximum atomic E-state index is 11.9. The smallest absolute Gasteiger partial charge is 0.329 e. The van der Waals surface area contributed by atoms with Crippen LogP contribution in [0.1, 0.15) is 6.42 Å². The Morgan fingerprint density at radius 3 is 2.81 bits per heavy atom. The largest absolute Gasteiger partial charge is 0.379 e. The van der Waals surface area contributed by atoms with Gasteiger partial charge in [0.15, 0.2) is 21.1 Å². The number of nitrogens with two attached hydrogens (primary N) is 1. The first-order valence-corrected chi connectivity index (χ1v) is 7.51. The third-order valence-corrected chi connectivity index (χ3v) is 4.15. The lowest BCUT2D eigenvalue weighted by Gasteiger charge is -2.05. The van der Waals surface area contributed by atoms with E-state index in [4.69, 9.17) is 11.1 Å². The zero-order valence-electron chi connectivity index (χ0n) is 11.1. The van der Waals surface area contributed by atoms with Gasteiger partial charge in [0.1, 0.15) is 0 Å². The van der Waals surface area contributed by atoms with Crippen molar-refractivity contribution in [3.63, 3.8) is 0 Å². The van der Waals surface area contributed by atoms with Gasteiger partial charge in [-0.1, -0.05) is 11.8 Å². The summed E-state index contributed by atoms with van der Waals surface area (Å²) in [7, 11) is 1.55. The summed E-state index contributed by atoms with van der Waals surface area (Å²) in [5.74, 6) is 0.672. The molecule has 0 bridgehead atoms. The van der Waals surface area contributed by atoms with E-state index < -0.39 is 11.2 Å². The van der Waals surface area contributed by atoms with Crippen LogP contribution in [0.25, 0.3) is 11.2 Å². The Balaban J connectivity index is 0.00000220. The first-order chi connectivity index (χ1) is 9.41. The summed E-state index contributed by atoms with van der Waals surface area (Å²) in [6.45, 7) is 0.540. The Labute approximate surface area is 138 Å². The molecule has 0 amide bonds. The van der Waals surface area contributed by atoms with Crippen LogP contribution in [-0.4, -0.2) is 30.0 Å². The van der Waals surface area contributed by atoms with Crippen molar-refractivity contribution in [1.29, 1.82) is 5.41 Å². The predicted octanol–water partition coefficient (Wildman–Crippen LogP) is 0.624. The summed E-state index contributed by atoms with van der Waals surface area (Å²) in [4.78, 5) is 29.9. The van der Waals surface area contributed by atoms with Crippen LogP contribution >= 0.6 is 40.1 Å². The fraction of sp³-hybridized carbons (Fsp3) is 0.400. The van der Waals surface area contributed by atoms with Crippen LogP contribution in [0, 0.1) is 5.41 Å². The van der Waals surface area contributed by atoms with E-state index in [2.05, 4.69) is 25.9 Å². The Bertz CT molecular complexity index is 782. The number of H-pyrrole nitrogens is 1. The number of hydrogen-bond acceptors (Lipinski definition) is 5. The van der Waals surface area contributed by atoms with Crippen molar-refractivity contribution < 1.29 is 0 Å². The molecule has 0 fully saturated rings. The molecule has 21 heavy (non-hydrogen) atoms. The zero-order valence-corrected chi connectivity index (χ0v) is 14.3. The lowest BCUT2D eigenvalue weighted by atomic mass is 10.4. The Kier molecular flexibility index (Phi) is 6.05. The predicted molar refractivity (Wildman–Crippen MR) is 89.5 cm³/mol. The van der Waals surface area contributed by atoms with Crippen LogP contribution in [0.5, 0.6) is 0 Å². The lowest BCUT2D eigenvalue weighted by Crippen LogP contribution is -2.29. The van der Waals surface area contributed by atoms with Gasteiger partial charge in [-0.3, -0.25) is 19.8 Å². The number of imidazole rings is 1. The van der Waals surface area contributed by atoms with Gasteiger partial charge >= 0.3 is 5.69 Å². The number of nitrogens with zero attached hydrogens (tertiary/aromatic N) is 3. The molecule has 0 spiro atoms. The van der Waals surface area contributed by atoms with E-state index in [1.165, 1.54) is 16.3 Å². The summed E-state index contributed by atoms with van der Waals surface area (Å²) in [6.07, 6.45) is 0.719. The third-order valence-electron chi connectivity index (χ3n) is 2.74. The van der Waals surface area contributed by atoms with E-state index >= 15 is 0 Å². The van der Waals surface area contributed by atoms with Crippen molar-refractivity contribution in [2.75, 3.05) is 5.75 Å². The number of nitrogens with one attached hydrogen (secondary N) is 2. The van der Waals surface area contributed by atoms with Crippen molar-refractivity contribution in [2.24, 2.45) is 12.8 Å². The second-order valence-corrected chi connectivity index (χ2v) is 5.94. The molecule has 8 nitrogen and oxygen atoms in total. The fourth-order valence-corrected chi connectivity index (χ4v) is 2.83. The second kappa shape index (κ2) is 7.14. The molecule has 116 valence electrons. The number of amidine groups is 1. The van der Waals surface area contributed by atoms with Gasteiger partial charge in [0.2, 0.25) is 0 Å². The number of aromatic nitrogens is 4. The summed E-state index contributed by atoms with van der Waals surface area (Å²) in [6, 6.07) is 0. The van der Waals surface area contributed by atoms with E-state index in [1.54, 1.807) is 11.6 Å². The van der Waals surface area contributed by atoms with E-state index in [-0.39, 0.29) is 17.6 Å². The monoisotopic (exact) mass is 396 g/mol. The maximum Gasteiger partial charge on any atom is 0.329 e. The van der Waals surface area contributed by atoms with Crippen LogP contribution in [0.2, 0.25) is 0 Å². The third kappa shape index (κ3) is 3.69. The molecule has 0 saturated carbocycles. The highest BCUT2D eigenvalue weighted by molar-refractivity contribution is 9.10. The van der Waals surface area contributed by atoms with E-state index in [1.807, 2.05) is 0 Å². The maximum absolute atomic E-state index is 11.9. The van der Waals surface area contributed by atoms with Gasteiger partial charge in [-0.25, -0.2) is 9.78 Å². The molecular weight excluding hydrogens is 384 g/mol. The number of aryl methyl sites for hydroxylation is 2. The van der Waals surface area contributed by atoms with Gasteiger partial charge < -0.3 is 10.3 Å². The van der Waals surface area contributed by atoms with Gasteiger partial charge in [0, 0.05) is 19.3 Å². The van der Waals surface area contributed by atoms with Gasteiger partial charge in [-0.15, -0.1) is 12.4 Å². The Morgan fingerprint density at radius 2 is 2.19 bits per heavy atom. The molecule has 2 heterocycles. The first kappa shape index (κ1) is 17.8. The SMILES string of the molecule is Cl.Cn1c(=O)[nH]c(=O)c2c1nc(Br)n2CCCSC(=N)N. The Morgan fingerprint density at radius 1 is 1.52 bits per heavy atom. The van der Waals surface area contributed by atoms with E-state index in [0.717, 1.165) is 6.42 Å².